The molecule has 3 aromatic rings. The Bertz CT molecular complexity index is 1110. The highest BCUT2D eigenvalue weighted by molar-refractivity contribution is 5.88. The Morgan fingerprint density at radius 2 is 1.56 bits per heavy atom. The van der Waals surface area contributed by atoms with Crippen molar-refractivity contribution in [1.29, 1.82) is 0 Å². The zero-order valence-corrected chi connectivity index (χ0v) is 21.9. The molecule has 0 saturated heterocycles. The fourth-order valence-corrected chi connectivity index (χ4v) is 4.12. The van der Waals surface area contributed by atoms with E-state index in [4.69, 9.17) is 4.74 Å². The van der Waals surface area contributed by atoms with Crippen molar-refractivity contribution >= 4 is 11.8 Å². The molecule has 0 aromatic heterocycles. The van der Waals surface area contributed by atoms with E-state index >= 15 is 0 Å². The molecular weight excluding hydrogens is 448 g/mol. The summed E-state index contributed by atoms with van der Waals surface area (Å²) in [6, 6.07) is 25.0. The molecular formula is C31H38N2O3. The van der Waals surface area contributed by atoms with Crippen LogP contribution in [0.25, 0.3) is 0 Å². The molecule has 1 atom stereocenters. The number of carbonyl (C=O) groups excluding carboxylic acids is 2. The molecule has 0 aliphatic heterocycles. The Morgan fingerprint density at radius 1 is 0.889 bits per heavy atom. The highest BCUT2D eigenvalue weighted by Crippen LogP contribution is 2.26. The number of nitrogens with one attached hydrogen (secondary N) is 1. The minimum absolute atomic E-state index is 0.137. The molecule has 0 bridgehead atoms. The molecule has 0 aliphatic carbocycles. The molecule has 0 radical (unpaired) electrons. The monoisotopic (exact) mass is 486 g/mol. The standard InChI is InChI=1S/C31H38N2O3/c1-5-19-32-31(35)28(20-25-11-7-6-8-12-25)33(21-26-17-15-24(4)16-18-26)30(34)22-36-29-14-10-9-13-27(29)23(2)3/h6-18,23,28H,5,19-22H2,1-4H3,(H,32,35)/t28-/m1/s1. The first-order valence-corrected chi connectivity index (χ1v) is 12.8. The number of nitrogens with zero attached hydrogens (tertiary/aromatic N) is 1. The highest BCUT2D eigenvalue weighted by atomic mass is 16.5. The number of ether oxygens (including phenoxy) is 1. The number of carbonyl (C=O) groups is 2. The molecule has 0 spiro atoms. The van der Waals surface area contributed by atoms with Gasteiger partial charge in [0.2, 0.25) is 5.91 Å². The van der Waals surface area contributed by atoms with E-state index in [9.17, 15) is 9.59 Å². The summed E-state index contributed by atoms with van der Waals surface area (Å²) in [5.74, 6) is 0.599. The average molecular weight is 487 g/mol. The van der Waals surface area contributed by atoms with Crippen LogP contribution >= 0.6 is 0 Å². The summed E-state index contributed by atoms with van der Waals surface area (Å²) < 4.78 is 6.04. The predicted molar refractivity (Wildman–Crippen MR) is 145 cm³/mol. The summed E-state index contributed by atoms with van der Waals surface area (Å²) in [5.41, 5.74) is 4.17. The summed E-state index contributed by atoms with van der Waals surface area (Å²) in [4.78, 5) is 28.7. The number of aryl methyl sites for hydroxylation is 1. The van der Waals surface area contributed by atoms with Crippen LogP contribution in [0.15, 0.2) is 78.9 Å². The van der Waals surface area contributed by atoms with E-state index in [0.29, 0.717) is 25.3 Å². The first-order chi connectivity index (χ1) is 17.4. The van der Waals surface area contributed by atoms with Gasteiger partial charge in [0, 0.05) is 19.5 Å². The average Bonchev–Trinajstić information content (AvgIpc) is 2.89. The van der Waals surface area contributed by atoms with Crippen molar-refractivity contribution in [2.45, 2.75) is 59.0 Å². The zero-order chi connectivity index (χ0) is 25.9. The minimum atomic E-state index is -0.656. The van der Waals surface area contributed by atoms with Gasteiger partial charge in [0.1, 0.15) is 11.8 Å². The van der Waals surface area contributed by atoms with Gasteiger partial charge < -0.3 is 15.0 Å². The third-order valence-corrected chi connectivity index (χ3v) is 6.19. The second-order valence-corrected chi connectivity index (χ2v) is 9.48. The molecule has 0 aliphatic rings. The zero-order valence-electron chi connectivity index (χ0n) is 21.9. The third-order valence-electron chi connectivity index (χ3n) is 6.19. The van der Waals surface area contributed by atoms with Gasteiger partial charge in [0.25, 0.3) is 5.91 Å². The molecule has 5 heteroatoms. The molecule has 0 saturated carbocycles. The Hall–Kier alpha value is -3.60. The lowest BCUT2D eigenvalue weighted by molar-refractivity contribution is -0.142. The normalized spacial score (nSPS) is 11.7. The minimum Gasteiger partial charge on any atom is -0.483 e. The Labute approximate surface area is 215 Å². The van der Waals surface area contributed by atoms with E-state index in [1.54, 1.807) is 4.90 Å². The van der Waals surface area contributed by atoms with Crippen molar-refractivity contribution in [2.24, 2.45) is 0 Å². The van der Waals surface area contributed by atoms with E-state index in [1.807, 2.05) is 92.7 Å². The number of hydrogen-bond acceptors (Lipinski definition) is 3. The molecule has 36 heavy (non-hydrogen) atoms. The molecule has 2 amide bonds. The van der Waals surface area contributed by atoms with Crippen LogP contribution < -0.4 is 10.1 Å². The number of rotatable bonds is 12. The molecule has 0 heterocycles. The smallest absolute Gasteiger partial charge is 0.261 e. The predicted octanol–water partition coefficient (Wildman–Crippen LogP) is 5.66. The van der Waals surface area contributed by atoms with Crippen LogP contribution in [0.5, 0.6) is 5.75 Å². The first kappa shape index (κ1) is 27.0. The summed E-state index contributed by atoms with van der Waals surface area (Å²) in [6.07, 6.45) is 1.25. The van der Waals surface area contributed by atoms with E-state index in [2.05, 4.69) is 19.2 Å². The van der Waals surface area contributed by atoms with Crippen LogP contribution in [-0.4, -0.2) is 35.9 Å². The maximum absolute atomic E-state index is 13.7. The lowest BCUT2D eigenvalue weighted by Gasteiger charge is -2.31. The number of para-hydroxylation sites is 1. The van der Waals surface area contributed by atoms with E-state index in [1.165, 1.54) is 0 Å². The van der Waals surface area contributed by atoms with E-state index < -0.39 is 6.04 Å². The Morgan fingerprint density at radius 3 is 2.22 bits per heavy atom. The van der Waals surface area contributed by atoms with Crippen molar-refractivity contribution in [3.05, 3.63) is 101 Å². The van der Waals surface area contributed by atoms with Gasteiger partial charge in [-0.05, 0) is 42.0 Å². The molecule has 0 unspecified atom stereocenters. The molecule has 3 rings (SSSR count). The van der Waals surface area contributed by atoms with Crippen LogP contribution in [0.2, 0.25) is 0 Å². The van der Waals surface area contributed by atoms with Crippen LogP contribution in [0.4, 0.5) is 0 Å². The van der Waals surface area contributed by atoms with E-state index in [0.717, 1.165) is 28.7 Å². The fraction of sp³-hybridized carbons (Fsp3) is 0.355. The summed E-state index contributed by atoms with van der Waals surface area (Å²) in [6.45, 7) is 9.00. The summed E-state index contributed by atoms with van der Waals surface area (Å²) >= 11 is 0. The van der Waals surface area contributed by atoms with Crippen molar-refractivity contribution in [2.75, 3.05) is 13.2 Å². The number of hydrogen-bond donors (Lipinski definition) is 1. The first-order valence-electron chi connectivity index (χ1n) is 12.8. The molecule has 3 aromatic carbocycles. The third kappa shape index (κ3) is 7.70. The SMILES string of the molecule is CCCNC(=O)[C@@H](Cc1ccccc1)N(Cc1ccc(C)cc1)C(=O)COc1ccccc1C(C)C. The maximum Gasteiger partial charge on any atom is 0.261 e. The second kappa shape index (κ2) is 13.5. The molecule has 0 fully saturated rings. The number of benzene rings is 3. The summed E-state index contributed by atoms with van der Waals surface area (Å²) in [5, 5.41) is 3.01. The molecule has 1 N–H and O–H groups in total. The maximum atomic E-state index is 13.7. The van der Waals surface area contributed by atoms with Gasteiger partial charge in [0.05, 0.1) is 0 Å². The highest BCUT2D eigenvalue weighted by Gasteiger charge is 2.30. The fourth-order valence-electron chi connectivity index (χ4n) is 4.12. The van der Waals surface area contributed by atoms with Crippen molar-refractivity contribution in [1.82, 2.24) is 10.2 Å². The van der Waals surface area contributed by atoms with Gasteiger partial charge in [-0.1, -0.05) is 99.1 Å². The van der Waals surface area contributed by atoms with Gasteiger partial charge in [-0.2, -0.15) is 0 Å². The van der Waals surface area contributed by atoms with Crippen LogP contribution in [0.1, 0.15) is 55.4 Å². The van der Waals surface area contributed by atoms with Gasteiger partial charge in [-0.15, -0.1) is 0 Å². The largest absolute Gasteiger partial charge is 0.483 e. The van der Waals surface area contributed by atoms with Crippen LogP contribution in [0.3, 0.4) is 0 Å². The van der Waals surface area contributed by atoms with Crippen LogP contribution in [0, 0.1) is 6.92 Å². The number of amides is 2. The van der Waals surface area contributed by atoms with Crippen molar-refractivity contribution in [3.63, 3.8) is 0 Å². The lowest BCUT2D eigenvalue weighted by Crippen LogP contribution is -2.51. The second-order valence-electron chi connectivity index (χ2n) is 9.48. The van der Waals surface area contributed by atoms with Crippen molar-refractivity contribution < 1.29 is 14.3 Å². The van der Waals surface area contributed by atoms with Gasteiger partial charge in [0.15, 0.2) is 6.61 Å². The van der Waals surface area contributed by atoms with Gasteiger partial charge >= 0.3 is 0 Å². The Balaban J connectivity index is 1.90. The van der Waals surface area contributed by atoms with Gasteiger partial charge in [-0.3, -0.25) is 9.59 Å². The van der Waals surface area contributed by atoms with Crippen molar-refractivity contribution in [3.8, 4) is 5.75 Å². The van der Waals surface area contributed by atoms with Gasteiger partial charge in [-0.25, -0.2) is 0 Å². The summed E-state index contributed by atoms with van der Waals surface area (Å²) in [7, 11) is 0. The molecule has 5 nitrogen and oxygen atoms in total. The van der Waals surface area contributed by atoms with Crippen LogP contribution in [-0.2, 0) is 22.6 Å². The lowest BCUT2D eigenvalue weighted by atomic mass is 10.0. The molecule has 190 valence electrons. The van der Waals surface area contributed by atoms with E-state index in [-0.39, 0.29) is 24.3 Å². The quantitative estimate of drug-likeness (QED) is 0.359. The topological polar surface area (TPSA) is 58.6 Å². The Kier molecular flexibility index (Phi) is 10.1.